The van der Waals surface area contributed by atoms with E-state index in [0.29, 0.717) is 31.5 Å². The van der Waals surface area contributed by atoms with Crippen molar-refractivity contribution in [2.24, 2.45) is 5.92 Å². The van der Waals surface area contributed by atoms with Gasteiger partial charge in [-0.15, -0.1) is 0 Å². The topological polar surface area (TPSA) is 69.6 Å². The lowest BCUT2D eigenvalue weighted by Crippen LogP contribution is -2.45. The Labute approximate surface area is 115 Å². The smallest absolute Gasteiger partial charge is 0.303 e. The minimum atomic E-state index is -0.748. The lowest BCUT2D eigenvalue weighted by atomic mass is 9.93. The number of carboxylic acids is 1. The molecule has 1 fully saturated rings. The molecule has 110 valence electrons. The molecule has 1 rings (SSSR count). The zero-order valence-corrected chi connectivity index (χ0v) is 12.0. The fourth-order valence-corrected chi connectivity index (χ4v) is 2.37. The van der Waals surface area contributed by atoms with Crippen LogP contribution in [-0.4, -0.2) is 47.6 Å². The van der Waals surface area contributed by atoms with E-state index in [1.807, 2.05) is 4.90 Å². The van der Waals surface area contributed by atoms with Crippen molar-refractivity contribution in [1.29, 1.82) is 0 Å². The van der Waals surface area contributed by atoms with Gasteiger partial charge in [0.1, 0.15) is 0 Å². The Morgan fingerprint density at radius 2 is 2.21 bits per heavy atom. The highest BCUT2D eigenvalue weighted by atomic mass is 16.4. The van der Waals surface area contributed by atoms with Crippen molar-refractivity contribution in [3.63, 3.8) is 0 Å². The second-order valence-electron chi connectivity index (χ2n) is 5.47. The molecule has 2 atom stereocenters. The third kappa shape index (κ3) is 6.05. The predicted molar refractivity (Wildman–Crippen MR) is 73.9 cm³/mol. The van der Waals surface area contributed by atoms with Gasteiger partial charge in [-0.05, 0) is 38.5 Å². The molecule has 0 spiro atoms. The summed E-state index contributed by atoms with van der Waals surface area (Å²) in [7, 11) is 0. The summed E-state index contributed by atoms with van der Waals surface area (Å²) in [4.78, 5) is 24.5. The second kappa shape index (κ2) is 8.15. The SMILES string of the molecule is CCC(C)NCC(=O)N1CCCC(CCC(=O)O)C1. The number of hydrogen-bond donors (Lipinski definition) is 2. The van der Waals surface area contributed by atoms with Crippen molar-refractivity contribution in [1.82, 2.24) is 10.2 Å². The summed E-state index contributed by atoms with van der Waals surface area (Å²) in [6.07, 6.45) is 3.92. The molecule has 1 heterocycles. The van der Waals surface area contributed by atoms with Crippen molar-refractivity contribution in [3.05, 3.63) is 0 Å². The van der Waals surface area contributed by atoms with Crippen LogP contribution >= 0.6 is 0 Å². The standard InChI is InChI=1S/C14H26N2O3/c1-3-11(2)15-9-13(17)16-8-4-5-12(10-16)6-7-14(18)19/h11-12,15H,3-10H2,1-2H3,(H,18,19). The number of likely N-dealkylation sites (tertiary alicyclic amines) is 1. The Bertz CT molecular complexity index is 307. The third-order valence-electron chi connectivity index (χ3n) is 3.85. The molecule has 0 aromatic carbocycles. The first kappa shape index (κ1) is 16.0. The Morgan fingerprint density at radius 3 is 2.84 bits per heavy atom. The normalized spacial score (nSPS) is 21.2. The van der Waals surface area contributed by atoms with Crippen LogP contribution in [0.3, 0.4) is 0 Å². The molecule has 0 aromatic rings. The zero-order chi connectivity index (χ0) is 14.3. The Hall–Kier alpha value is -1.10. The number of carbonyl (C=O) groups excluding carboxylic acids is 1. The summed E-state index contributed by atoms with van der Waals surface area (Å²) < 4.78 is 0. The van der Waals surface area contributed by atoms with Gasteiger partial charge in [0.05, 0.1) is 6.54 Å². The molecule has 0 radical (unpaired) electrons. The van der Waals surface area contributed by atoms with Crippen LogP contribution in [0.1, 0.15) is 46.0 Å². The number of amides is 1. The Morgan fingerprint density at radius 1 is 1.47 bits per heavy atom. The van der Waals surface area contributed by atoms with Crippen molar-refractivity contribution >= 4 is 11.9 Å². The highest BCUT2D eigenvalue weighted by Gasteiger charge is 2.23. The van der Waals surface area contributed by atoms with E-state index in [2.05, 4.69) is 19.2 Å². The maximum absolute atomic E-state index is 12.0. The van der Waals surface area contributed by atoms with E-state index in [-0.39, 0.29) is 12.3 Å². The van der Waals surface area contributed by atoms with Gasteiger partial charge < -0.3 is 15.3 Å². The van der Waals surface area contributed by atoms with Gasteiger partial charge >= 0.3 is 5.97 Å². The number of carbonyl (C=O) groups is 2. The molecule has 2 unspecified atom stereocenters. The summed E-state index contributed by atoms with van der Waals surface area (Å²) >= 11 is 0. The minimum absolute atomic E-state index is 0.139. The van der Waals surface area contributed by atoms with Crippen LogP contribution in [-0.2, 0) is 9.59 Å². The van der Waals surface area contributed by atoms with Gasteiger partial charge in [0.2, 0.25) is 5.91 Å². The third-order valence-corrected chi connectivity index (χ3v) is 3.85. The van der Waals surface area contributed by atoms with Crippen LogP contribution in [0, 0.1) is 5.92 Å². The lowest BCUT2D eigenvalue weighted by molar-refractivity contribution is -0.137. The molecular weight excluding hydrogens is 244 g/mol. The number of aliphatic carboxylic acids is 1. The highest BCUT2D eigenvalue weighted by Crippen LogP contribution is 2.20. The molecule has 1 aliphatic heterocycles. The van der Waals surface area contributed by atoms with E-state index >= 15 is 0 Å². The number of nitrogens with zero attached hydrogens (tertiary/aromatic N) is 1. The summed E-state index contributed by atoms with van der Waals surface area (Å²) in [5.41, 5.74) is 0. The van der Waals surface area contributed by atoms with Crippen LogP contribution in [0.5, 0.6) is 0 Å². The first-order valence-electron chi connectivity index (χ1n) is 7.25. The van der Waals surface area contributed by atoms with E-state index in [1.165, 1.54) is 0 Å². The van der Waals surface area contributed by atoms with Crippen LogP contribution in [0.15, 0.2) is 0 Å². The largest absolute Gasteiger partial charge is 0.481 e. The van der Waals surface area contributed by atoms with Crippen molar-refractivity contribution < 1.29 is 14.7 Å². The summed E-state index contributed by atoms with van der Waals surface area (Å²) in [6.45, 7) is 6.07. The van der Waals surface area contributed by atoms with Gasteiger partial charge in [0.25, 0.3) is 0 Å². The Kier molecular flexibility index (Phi) is 6.84. The molecule has 0 bridgehead atoms. The van der Waals surface area contributed by atoms with Crippen molar-refractivity contribution in [2.75, 3.05) is 19.6 Å². The molecule has 2 N–H and O–H groups in total. The fourth-order valence-electron chi connectivity index (χ4n) is 2.37. The molecule has 0 saturated carbocycles. The first-order chi connectivity index (χ1) is 9.02. The molecule has 5 nitrogen and oxygen atoms in total. The maximum Gasteiger partial charge on any atom is 0.303 e. The molecule has 1 saturated heterocycles. The van der Waals surface area contributed by atoms with Gasteiger partial charge in [0, 0.05) is 25.6 Å². The van der Waals surface area contributed by atoms with E-state index in [1.54, 1.807) is 0 Å². The van der Waals surface area contributed by atoms with Crippen LogP contribution in [0.4, 0.5) is 0 Å². The number of rotatable bonds is 7. The molecule has 1 aliphatic rings. The van der Waals surface area contributed by atoms with Gasteiger partial charge in [-0.2, -0.15) is 0 Å². The monoisotopic (exact) mass is 270 g/mol. The highest BCUT2D eigenvalue weighted by molar-refractivity contribution is 5.78. The number of piperidine rings is 1. The van der Waals surface area contributed by atoms with E-state index in [4.69, 9.17) is 5.11 Å². The maximum atomic E-state index is 12.0. The lowest BCUT2D eigenvalue weighted by Gasteiger charge is -2.33. The summed E-state index contributed by atoms with van der Waals surface area (Å²) in [5, 5.41) is 11.9. The van der Waals surface area contributed by atoms with Crippen LogP contribution < -0.4 is 5.32 Å². The average Bonchev–Trinajstić information content (AvgIpc) is 2.42. The number of nitrogens with one attached hydrogen (secondary N) is 1. The minimum Gasteiger partial charge on any atom is -0.481 e. The van der Waals surface area contributed by atoms with Crippen LogP contribution in [0.25, 0.3) is 0 Å². The quantitative estimate of drug-likeness (QED) is 0.735. The van der Waals surface area contributed by atoms with Gasteiger partial charge in [-0.3, -0.25) is 9.59 Å². The number of carboxylic acid groups (broad SMARTS) is 1. The molecule has 5 heteroatoms. The van der Waals surface area contributed by atoms with Gasteiger partial charge in [-0.1, -0.05) is 6.92 Å². The summed E-state index contributed by atoms with van der Waals surface area (Å²) in [6, 6.07) is 0.358. The van der Waals surface area contributed by atoms with E-state index in [0.717, 1.165) is 25.8 Å². The number of hydrogen-bond acceptors (Lipinski definition) is 3. The molecule has 0 aromatic heterocycles. The fraction of sp³-hybridized carbons (Fsp3) is 0.857. The zero-order valence-electron chi connectivity index (χ0n) is 12.0. The average molecular weight is 270 g/mol. The molecule has 0 aliphatic carbocycles. The Balaban J connectivity index is 2.32. The molecular formula is C14H26N2O3. The van der Waals surface area contributed by atoms with Gasteiger partial charge in [-0.25, -0.2) is 0 Å². The first-order valence-corrected chi connectivity index (χ1v) is 7.25. The van der Waals surface area contributed by atoms with Gasteiger partial charge in [0.15, 0.2) is 0 Å². The molecule has 19 heavy (non-hydrogen) atoms. The van der Waals surface area contributed by atoms with Crippen LogP contribution in [0.2, 0.25) is 0 Å². The van der Waals surface area contributed by atoms with Crippen molar-refractivity contribution in [2.45, 2.75) is 52.0 Å². The second-order valence-corrected chi connectivity index (χ2v) is 5.47. The summed E-state index contributed by atoms with van der Waals surface area (Å²) in [5.74, 6) is -0.264. The van der Waals surface area contributed by atoms with Crippen molar-refractivity contribution in [3.8, 4) is 0 Å². The van der Waals surface area contributed by atoms with E-state index in [9.17, 15) is 9.59 Å². The van der Waals surface area contributed by atoms with E-state index < -0.39 is 5.97 Å². The predicted octanol–water partition coefficient (Wildman–Crippen LogP) is 1.48. The molecule has 1 amide bonds.